The predicted octanol–water partition coefficient (Wildman–Crippen LogP) is 1.59. The van der Waals surface area contributed by atoms with E-state index in [4.69, 9.17) is 10.2 Å². The van der Waals surface area contributed by atoms with Gasteiger partial charge in [0.15, 0.2) is 0 Å². The molecule has 0 spiro atoms. The van der Waals surface area contributed by atoms with Crippen LogP contribution in [0.25, 0.3) is 0 Å². The van der Waals surface area contributed by atoms with Crippen LogP contribution in [0.4, 0.5) is 0 Å². The van der Waals surface area contributed by atoms with Gasteiger partial charge in [0.05, 0.1) is 6.61 Å². The second-order valence-electron chi connectivity index (χ2n) is 3.95. The van der Waals surface area contributed by atoms with Crippen LogP contribution >= 0.6 is 0 Å². The lowest BCUT2D eigenvalue weighted by Gasteiger charge is -2.25. The maximum absolute atomic E-state index is 9.15. The molecule has 0 aliphatic rings. The molecule has 0 fully saturated rings. The number of aliphatic hydroxyl groups excluding tert-OH is 1. The van der Waals surface area contributed by atoms with Gasteiger partial charge in [0.25, 0.3) is 0 Å². The van der Waals surface area contributed by atoms with Crippen molar-refractivity contribution in [1.82, 2.24) is 4.90 Å². The first-order chi connectivity index (χ1) is 7.13. The Bertz CT molecular complexity index is 282. The molecule has 0 aromatic heterocycles. The first-order valence-corrected chi connectivity index (χ1v) is 5.26. The van der Waals surface area contributed by atoms with E-state index < -0.39 is 0 Å². The normalized spacial score (nSPS) is 11.3. The SMILES string of the molecule is CC(C)N(CCO)Cc1ccc(O)cc1. The molecule has 0 bridgehead atoms. The topological polar surface area (TPSA) is 43.7 Å². The molecule has 1 aromatic rings. The average molecular weight is 209 g/mol. The number of nitrogens with zero attached hydrogens (tertiary/aromatic N) is 1. The van der Waals surface area contributed by atoms with Crippen molar-refractivity contribution in [1.29, 1.82) is 0 Å². The molecule has 0 heterocycles. The number of hydrogen-bond acceptors (Lipinski definition) is 3. The van der Waals surface area contributed by atoms with Crippen LogP contribution in [0, 0.1) is 0 Å². The summed E-state index contributed by atoms with van der Waals surface area (Å²) in [5.41, 5.74) is 1.15. The molecule has 0 saturated heterocycles. The molecule has 0 amide bonds. The third-order valence-electron chi connectivity index (χ3n) is 2.44. The minimum atomic E-state index is 0.177. The molecule has 0 aliphatic carbocycles. The molecule has 0 atom stereocenters. The summed E-state index contributed by atoms with van der Waals surface area (Å²) in [6.07, 6.45) is 0. The van der Waals surface area contributed by atoms with Crippen LogP contribution in [0.15, 0.2) is 24.3 Å². The number of aliphatic hydroxyl groups is 1. The van der Waals surface area contributed by atoms with Crippen molar-refractivity contribution in [2.75, 3.05) is 13.2 Å². The lowest BCUT2D eigenvalue weighted by Crippen LogP contribution is -2.32. The van der Waals surface area contributed by atoms with Gasteiger partial charge in [0, 0.05) is 19.1 Å². The van der Waals surface area contributed by atoms with Crippen LogP contribution < -0.4 is 0 Å². The molecule has 0 unspecified atom stereocenters. The van der Waals surface area contributed by atoms with Crippen molar-refractivity contribution in [3.05, 3.63) is 29.8 Å². The zero-order chi connectivity index (χ0) is 11.3. The molecule has 84 valence electrons. The predicted molar refractivity (Wildman–Crippen MR) is 60.7 cm³/mol. The first-order valence-electron chi connectivity index (χ1n) is 5.26. The highest BCUT2D eigenvalue weighted by Gasteiger charge is 2.08. The summed E-state index contributed by atoms with van der Waals surface area (Å²) >= 11 is 0. The van der Waals surface area contributed by atoms with E-state index in [2.05, 4.69) is 18.7 Å². The highest BCUT2D eigenvalue weighted by atomic mass is 16.3. The Kier molecular flexibility index (Phi) is 4.59. The van der Waals surface area contributed by atoms with E-state index in [0.717, 1.165) is 12.1 Å². The van der Waals surface area contributed by atoms with E-state index in [0.29, 0.717) is 12.6 Å². The third-order valence-corrected chi connectivity index (χ3v) is 2.44. The van der Waals surface area contributed by atoms with E-state index in [1.807, 2.05) is 12.1 Å². The highest BCUT2D eigenvalue weighted by molar-refractivity contribution is 5.25. The Labute approximate surface area is 91.0 Å². The summed E-state index contributed by atoms with van der Waals surface area (Å²) < 4.78 is 0. The second-order valence-corrected chi connectivity index (χ2v) is 3.95. The molecule has 15 heavy (non-hydrogen) atoms. The van der Waals surface area contributed by atoms with Crippen LogP contribution in [0.5, 0.6) is 5.75 Å². The molecular weight excluding hydrogens is 190 g/mol. The molecule has 1 aromatic carbocycles. The molecule has 3 nitrogen and oxygen atoms in total. The van der Waals surface area contributed by atoms with Crippen molar-refractivity contribution < 1.29 is 10.2 Å². The Balaban J connectivity index is 2.61. The van der Waals surface area contributed by atoms with E-state index in [-0.39, 0.29) is 12.4 Å². The lowest BCUT2D eigenvalue weighted by atomic mass is 10.2. The summed E-state index contributed by atoms with van der Waals surface area (Å²) in [6.45, 7) is 5.87. The van der Waals surface area contributed by atoms with E-state index in [1.54, 1.807) is 12.1 Å². The van der Waals surface area contributed by atoms with Gasteiger partial charge >= 0.3 is 0 Å². The molecule has 1 rings (SSSR count). The van der Waals surface area contributed by atoms with Crippen LogP contribution in [0.2, 0.25) is 0 Å². The average Bonchev–Trinajstić information content (AvgIpc) is 2.20. The summed E-state index contributed by atoms with van der Waals surface area (Å²) in [5.74, 6) is 0.289. The maximum Gasteiger partial charge on any atom is 0.115 e. The minimum absolute atomic E-state index is 0.177. The number of benzene rings is 1. The Hall–Kier alpha value is -1.06. The van der Waals surface area contributed by atoms with Crippen molar-refractivity contribution in [3.63, 3.8) is 0 Å². The maximum atomic E-state index is 9.15. The van der Waals surface area contributed by atoms with Crippen molar-refractivity contribution in [2.24, 2.45) is 0 Å². The van der Waals surface area contributed by atoms with E-state index in [9.17, 15) is 0 Å². The molecule has 0 aliphatic heterocycles. The van der Waals surface area contributed by atoms with Gasteiger partial charge in [-0.05, 0) is 31.5 Å². The Morgan fingerprint density at radius 2 is 1.80 bits per heavy atom. The fraction of sp³-hybridized carbons (Fsp3) is 0.500. The second kappa shape index (κ2) is 5.73. The number of phenolic OH excluding ortho intramolecular Hbond substituents is 1. The van der Waals surface area contributed by atoms with E-state index in [1.165, 1.54) is 0 Å². The van der Waals surface area contributed by atoms with Crippen molar-refractivity contribution in [2.45, 2.75) is 26.4 Å². The van der Waals surface area contributed by atoms with Crippen LogP contribution in [0.1, 0.15) is 19.4 Å². The lowest BCUT2D eigenvalue weighted by molar-refractivity contribution is 0.159. The Morgan fingerprint density at radius 1 is 1.20 bits per heavy atom. The summed E-state index contributed by atoms with van der Waals surface area (Å²) in [5, 5.41) is 18.1. The van der Waals surface area contributed by atoms with Crippen LogP contribution in [-0.2, 0) is 6.54 Å². The first kappa shape index (κ1) is 12.0. The van der Waals surface area contributed by atoms with Crippen molar-refractivity contribution >= 4 is 0 Å². The van der Waals surface area contributed by atoms with E-state index >= 15 is 0 Å². The molecule has 2 N–H and O–H groups in total. The van der Waals surface area contributed by atoms with Gasteiger partial charge in [-0.3, -0.25) is 4.90 Å². The minimum Gasteiger partial charge on any atom is -0.508 e. The fourth-order valence-electron chi connectivity index (χ4n) is 1.48. The van der Waals surface area contributed by atoms with Gasteiger partial charge in [-0.25, -0.2) is 0 Å². The fourth-order valence-corrected chi connectivity index (χ4v) is 1.48. The number of aromatic hydroxyl groups is 1. The number of phenols is 1. The van der Waals surface area contributed by atoms with Gasteiger partial charge < -0.3 is 10.2 Å². The van der Waals surface area contributed by atoms with Gasteiger partial charge in [-0.15, -0.1) is 0 Å². The third kappa shape index (κ3) is 3.90. The quantitative estimate of drug-likeness (QED) is 0.774. The highest BCUT2D eigenvalue weighted by Crippen LogP contribution is 2.12. The zero-order valence-electron chi connectivity index (χ0n) is 9.35. The number of rotatable bonds is 5. The summed E-state index contributed by atoms with van der Waals surface area (Å²) in [6, 6.07) is 7.59. The van der Waals surface area contributed by atoms with Gasteiger partial charge in [0.2, 0.25) is 0 Å². The zero-order valence-corrected chi connectivity index (χ0v) is 9.35. The smallest absolute Gasteiger partial charge is 0.115 e. The van der Waals surface area contributed by atoms with Crippen LogP contribution in [-0.4, -0.2) is 34.3 Å². The van der Waals surface area contributed by atoms with Gasteiger partial charge in [-0.2, -0.15) is 0 Å². The van der Waals surface area contributed by atoms with Gasteiger partial charge in [0.1, 0.15) is 5.75 Å². The molecule has 3 heteroatoms. The van der Waals surface area contributed by atoms with Gasteiger partial charge in [-0.1, -0.05) is 12.1 Å². The molecular formula is C12H19NO2. The monoisotopic (exact) mass is 209 g/mol. The molecule has 0 saturated carbocycles. The summed E-state index contributed by atoms with van der Waals surface area (Å²) in [4.78, 5) is 2.19. The Morgan fingerprint density at radius 3 is 2.27 bits per heavy atom. The molecule has 0 radical (unpaired) electrons. The van der Waals surface area contributed by atoms with Crippen LogP contribution in [0.3, 0.4) is 0 Å². The number of hydrogen-bond donors (Lipinski definition) is 2. The summed E-state index contributed by atoms with van der Waals surface area (Å²) in [7, 11) is 0. The van der Waals surface area contributed by atoms with Crippen molar-refractivity contribution in [3.8, 4) is 5.75 Å². The largest absolute Gasteiger partial charge is 0.508 e. The standard InChI is InChI=1S/C12H19NO2/c1-10(2)13(7-8-14)9-11-3-5-12(15)6-4-11/h3-6,10,14-15H,7-9H2,1-2H3.